The van der Waals surface area contributed by atoms with Crippen molar-refractivity contribution in [2.75, 3.05) is 13.2 Å². The van der Waals surface area contributed by atoms with E-state index in [0.717, 1.165) is 29.5 Å². The summed E-state index contributed by atoms with van der Waals surface area (Å²) >= 11 is 6.22. The highest BCUT2D eigenvalue weighted by Gasteiger charge is 2.47. The summed E-state index contributed by atoms with van der Waals surface area (Å²) in [4.78, 5) is 38.3. The van der Waals surface area contributed by atoms with Crippen molar-refractivity contribution in [2.24, 2.45) is 5.41 Å². The number of aryl methyl sites for hydroxylation is 2. The summed E-state index contributed by atoms with van der Waals surface area (Å²) in [6.45, 7) is 2.12. The predicted octanol–water partition coefficient (Wildman–Crippen LogP) is 5.57. The van der Waals surface area contributed by atoms with Gasteiger partial charge < -0.3 is 9.26 Å². The van der Waals surface area contributed by atoms with Crippen molar-refractivity contribution in [1.29, 1.82) is 0 Å². The van der Waals surface area contributed by atoms with Crippen LogP contribution in [-0.2, 0) is 16.0 Å². The molecule has 0 unspecified atom stereocenters. The Hall–Kier alpha value is -3.82. The van der Waals surface area contributed by atoms with Crippen LogP contribution in [0.25, 0.3) is 22.5 Å². The van der Waals surface area contributed by atoms with Crippen LogP contribution in [0.15, 0.2) is 53.6 Å². The van der Waals surface area contributed by atoms with Gasteiger partial charge in [-0.1, -0.05) is 35.0 Å². The maximum Gasteiger partial charge on any atom is 0.223 e. The van der Waals surface area contributed by atoms with E-state index in [1.807, 2.05) is 18.2 Å². The van der Waals surface area contributed by atoms with E-state index in [1.54, 1.807) is 13.0 Å². The van der Waals surface area contributed by atoms with Crippen LogP contribution in [0.1, 0.15) is 52.6 Å². The lowest BCUT2D eigenvalue weighted by Gasteiger charge is -2.40. The molecule has 2 aromatic heterocycles. The summed E-state index contributed by atoms with van der Waals surface area (Å²) in [6.07, 6.45) is 6.30. The van der Waals surface area contributed by atoms with Crippen molar-refractivity contribution in [2.45, 2.75) is 38.5 Å². The molecule has 198 valence electrons. The molecule has 0 spiro atoms. The molecule has 1 aliphatic heterocycles. The lowest BCUT2D eigenvalue weighted by molar-refractivity contribution is -0.159. The second kappa shape index (κ2) is 10.1. The predicted molar refractivity (Wildman–Crippen MR) is 140 cm³/mol. The summed E-state index contributed by atoms with van der Waals surface area (Å²) in [5.74, 6) is -0.139. The number of ketones is 2. The lowest BCUT2D eigenvalue weighted by Crippen LogP contribution is -2.50. The molecule has 0 amide bonds. The molecule has 4 aromatic rings. The monoisotopic (exact) mass is 546 g/mol. The first-order chi connectivity index (χ1) is 18.8. The number of aromatic nitrogens is 4. The maximum atomic E-state index is 15.0. The van der Waals surface area contributed by atoms with Crippen LogP contribution in [0.4, 0.5) is 4.39 Å². The number of Topliss-reactive ketones (excluding diaryl/α,β-unsaturated/α-hetero) is 2. The fourth-order valence-electron chi connectivity index (χ4n) is 5.52. The van der Waals surface area contributed by atoms with Gasteiger partial charge >= 0.3 is 0 Å². The van der Waals surface area contributed by atoms with E-state index in [2.05, 4.69) is 20.1 Å². The number of hydrogen-bond donors (Lipinski definition) is 0. The van der Waals surface area contributed by atoms with Gasteiger partial charge in [-0.2, -0.15) is 4.98 Å². The molecule has 0 N–H and O–H groups in total. The number of hydrogen-bond acceptors (Lipinski definition) is 8. The summed E-state index contributed by atoms with van der Waals surface area (Å²) in [6, 6.07) is 8.85. The SMILES string of the molecule is Cc1nc(-c2c(F)cc(Cl)cc2-c2ccc3c(c2)CC[C@@H]3CC(=O)C2(CC(=O)c3cncnc3)COC2)no1. The Morgan fingerprint density at radius 3 is 2.64 bits per heavy atom. The summed E-state index contributed by atoms with van der Waals surface area (Å²) < 4.78 is 25.5. The van der Waals surface area contributed by atoms with Crippen molar-refractivity contribution >= 4 is 23.2 Å². The van der Waals surface area contributed by atoms with Crippen molar-refractivity contribution in [3.63, 3.8) is 0 Å². The van der Waals surface area contributed by atoms with E-state index < -0.39 is 11.2 Å². The first-order valence-electron chi connectivity index (χ1n) is 12.7. The highest BCUT2D eigenvalue weighted by molar-refractivity contribution is 6.31. The number of ether oxygens (including phenoxy) is 1. The molecule has 0 bridgehead atoms. The largest absolute Gasteiger partial charge is 0.379 e. The number of rotatable bonds is 8. The molecule has 2 aliphatic rings. The van der Waals surface area contributed by atoms with Gasteiger partial charge in [-0.15, -0.1) is 0 Å². The smallest absolute Gasteiger partial charge is 0.223 e. The standard InChI is InChI=1S/C29H24ClFN4O4/c1-16-34-28(35-39-16)27-23(8-21(30)9-24(27)31)18-4-5-22-17(6-18)2-3-19(22)7-26(37)29(13-38-14-29)10-25(36)20-11-32-15-33-12-20/h4-6,8-9,11-12,15,19H,2-3,7,10,13-14H2,1H3/t19-/m1/s1. The van der Waals surface area contributed by atoms with Crippen LogP contribution in [0.3, 0.4) is 0 Å². The Morgan fingerprint density at radius 1 is 1.15 bits per heavy atom. The third-order valence-corrected chi connectivity index (χ3v) is 7.84. The van der Waals surface area contributed by atoms with E-state index in [9.17, 15) is 9.59 Å². The minimum atomic E-state index is -0.814. The van der Waals surface area contributed by atoms with Gasteiger partial charge in [0.25, 0.3) is 0 Å². The fourth-order valence-corrected chi connectivity index (χ4v) is 5.72. The number of carbonyl (C=O) groups is 2. The minimum Gasteiger partial charge on any atom is -0.379 e. The summed E-state index contributed by atoms with van der Waals surface area (Å²) in [5, 5.41) is 4.17. The van der Waals surface area contributed by atoms with Gasteiger partial charge in [0.1, 0.15) is 17.9 Å². The molecular formula is C29H24ClFN4O4. The topological polar surface area (TPSA) is 108 Å². The van der Waals surface area contributed by atoms with Crippen LogP contribution in [0.5, 0.6) is 0 Å². The number of fused-ring (bicyclic) bond motifs is 1. The van der Waals surface area contributed by atoms with Crippen LogP contribution in [0, 0.1) is 18.2 Å². The van der Waals surface area contributed by atoms with Crippen LogP contribution < -0.4 is 0 Å². The van der Waals surface area contributed by atoms with Crippen molar-refractivity contribution in [3.8, 4) is 22.5 Å². The van der Waals surface area contributed by atoms with Gasteiger partial charge in [0.15, 0.2) is 5.78 Å². The molecule has 2 aromatic carbocycles. The lowest BCUT2D eigenvalue weighted by atomic mass is 9.73. The first kappa shape index (κ1) is 25.5. The van der Waals surface area contributed by atoms with Crippen molar-refractivity contribution in [3.05, 3.63) is 82.5 Å². The van der Waals surface area contributed by atoms with Gasteiger partial charge in [-0.05, 0) is 53.1 Å². The quantitative estimate of drug-likeness (QED) is 0.264. The van der Waals surface area contributed by atoms with Crippen LogP contribution in [-0.4, -0.2) is 44.9 Å². The van der Waals surface area contributed by atoms with E-state index in [4.69, 9.17) is 20.9 Å². The average Bonchev–Trinajstić information content (AvgIpc) is 3.51. The highest BCUT2D eigenvalue weighted by Crippen LogP contribution is 2.43. The Labute approximate surface area is 228 Å². The number of carbonyl (C=O) groups excluding carboxylic acids is 2. The molecule has 1 saturated heterocycles. The van der Waals surface area contributed by atoms with Crippen molar-refractivity contribution in [1.82, 2.24) is 20.1 Å². The third kappa shape index (κ3) is 4.77. The first-order valence-corrected chi connectivity index (χ1v) is 13.0. The zero-order valence-corrected chi connectivity index (χ0v) is 21.9. The molecule has 1 fully saturated rings. The molecule has 1 aliphatic carbocycles. The van der Waals surface area contributed by atoms with Gasteiger partial charge in [0.05, 0.1) is 29.8 Å². The Balaban J connectivity index is 1.24. The average molecular weight is 547 g/mol. The van der Waals surface area contributed by atoms with Gasteiger partial charge in [-0.3, -0.25) is 9.59 Å². The molecule has 3 heterocycles. The van der Waals surface area contributed by atoms with Crippen LogP contribution >= 0.6 is 11.6 Å². The van der Waals surface area contributed by atoms with E-state index in [1.165, 1.54) is 24.8 Å². The summed E-state index contributed by atoms with van der Waals surface area (Å²) in [7, 11) is 0. The van der Waals surface area contributed by atoms with Gasteiger partial charge in [-0.25, -0.2) is 14.4 Å². The number of benzene rings is 2. The van der Waals surface area contributed by atoms with Crippen molar-refractivity contribution < 1.29 is 23.2 Å². The van der Waals surface area contributed by atoms with Gasteiger partial charge in [0, 0.05) is 37.2 Å². The second-order valence-electron chi connectivity index (χ2n) is 10.2. The Bertz CT molecular complexity index is 1590. The highest BCUT2D eigenvalue weighted by atomic mass is 35.5. The molecule has 39 heavy (non-hydrogen) atoms. The Morgan fingerprint density at radius 2 is 1.95 bits per heavy atom. The molecule has 10 heteroatoms. The molecular weight excluding hydrogens is 523 g/mol. The molecule has 8 nitrogen and oxygen atoms in total. The fraction of sp³-hybridized carbons (Fsp3) is 0.310. The minimum absolute atomic E-state index is 0.0320. The molecule has 1 atom stereocenters. The zero-order chi connectivity index (χ0) is 27.1. The number of nitrogens with zero attached hydrogens (tertiary/aromatic N) is 4. The second-order valence-corrected chi connectivity index (χ2v) is 10.7. The number of halogens is 2. The zero-order valence-electron chi connectivity index (χ0n) is 21.1. The molecule has 6 rings (SSSR count). The third-order valence-electron chi connectivity index (χ3n) is 7.62. The molecule has 0 saturated carbocycles. The van der Waals surface area contributed by atoms with E-state index in [0.29, 0.717) is 23.4 Å². The maximum absolute atomic E-state index is 15.0. The summed E-state index contributed by atoms with van der Waals surface area (Å²) in [5.41, 5.74) is 3.33. The van der Waals surface area contributed by atoms with E-state index >= 15 is 4.39 Å². The Kier molecular flexibility index (Phi) is 6.56. The van der Waals surface area contributed by atoms with Crippen LogP contribution in [0.2, 0.25) is 5.02 Å². The van der Waals surface area contributed by atoms with E-state index in [-0.39, 0.29) is 53.5 Å². The molecule has 0 radical (unpaired) electrons. The normalized spacial score (nSPS) is 17.5. The van der Waals surface area contributed by atoms with Gasteiger partial charge in [0.2, 0.25) is 11.7 Å².